The summed E-state index contributed by atoms with van der Waals surface area (Å²) in [5.74, 6) is 0. The molecule has 20 heavy (non-hydrogen) atoms. The fourth-order valence-corrected chi connectivity index (χ4v) is 3.53. The number of amides is 1. The van der Waals surface area contributed by atoms with Crippen molar-refractivity contribution in [2.24, 2.45) is 5.41 Å². The number of aromatic nitrogens is 2. The van der Waals surface area contributed by atoms with Crippen molar-refractivity contribution in [3.63, 3.8) is 0 Å². The molecule has 1 amide bonds. The van der Waals surface area contributed by atoms with E-state index in [0.717, 1.165) is 25.9 Å². The fraction of sp³-hybridized carbons (Fsp3) is 0.714. The van der Waals surface area contributed by atoms with Gasteiger partial charge in [-0.15, -0.1) is 0 Å². The predicted octanol–water partition coefficient (Wildman–Crippen LogP) is 3.06. The summed E-state index contributed by atoms with van der Waals surface area (Å²) >= 11 is 2.28. The van der Waals surface area contributed by atoms with E-state index in [9.17, 15) is 4.79 Å². The Morgan fingerprint density at radius 1 is 1.45 bits per heavy atom. The molecule has 3 rings (SSSR count). The van der Waals surface area contributed by atoms with Crippen LogP contribution in [0, 0.1) is 8.99 Å². The first-order valence-corrected chi connectivity index (χ1v) is 8.02. The van der Waals surface area contributed by atoms with E-state index >= 15 is 0 Å². The van der Waals surface area contributed by atoms with Crippen LogP contribution in [0.2, 0.25) is 0 Å². The SMILES string of the molecule is CC(C)(C)OC(=O)N1CC2(CC(n3cc(I)cn3)C2)C1. The van der Waals surface area contributed by atoms with E-state index in [1.807, 2.05) is 31.9 Å². The van der Waals surface area contributed by atoms with Gasteiger partial charge in [0, 0.05) is 24.7 Å². The molecule has 0 bridgehead atoms. The highest BCUT2D eigenvalue weighted by Gasteiger charge is 2.55. The van der Waals surface area contributed by atoms with Crippen LogP contribution in [0.5, 0.6) is 0 Å². The molecule has 1 saturated heterocycles. The minimum atomic E-state index is -0.409. The quantitative estimate of drug-likeness (QED) is 0.694. The van der Waals surface area contributed by atoms with Gasteiger partial charge >= 0.3 is 6.09 Å². The first kappa shape index (κ1) is 14.2. The molecule has 1 spiro atoms. The van der Waals surface area contributed by atoms with Crippen LogP contribution in [0.15, 0.2) is 12.4 Å². The molecule has 0 unspecified atom stereocenters. The second-order valence-corrected chi connectivity index (χ2v) is 8.28. The van der Waals surface area contributed by atoms with Crippen molar-refractivity contribution in [1.29, 1.82) is 0 Å². The van der Waals surface area contributed by atoms with Gasteiger partial charge in [-0.3, -0.25) is 4.68 Å². The Kier molecular flexibility index (Phi) is 3.26. The van der Waals surface area contributed by atoms with E-state index in [1.54, 1.807) is 0 Å². The van der Waals surface area contributed by atoms with Crippen LogP contribution in [-0.4, -0.2) is 39.5 Å². The number of likely N-dealkylation sites (tertiary alicyclic amines) is 1. The lowest BCUT2D eigenvalue weighted by Gasteiger charge is -2.58. The van der Waals surface area contributed by atoms with Crippen molar-refractivity contribution < 1.29 is 9.53 Å². The summed E-state index contributed by atoms with van der Waals surface area (Å²) < 4.78 is 8.62. The second-order valence-electron chi connectivity index (χ2n) is 7.04. The maximum Gasteiger partial charge on any atom is 0.410 e. The highest BCUT2D eigenvalue weighted by molar-refractivity contribution is 14.1. The van der Waals surface area contributed by atoms with Gasteiger partial charge in [0.25, 0.3) is 0 Å². The Labute approximate surface area is 132 Å². The summed E-state index contributed by atoms with van der Waals surface area (Å²) in [6.07, 6.45) is 6.02. The summed E-state index contributed by atoms with van der Waals surface area (Å²) in [5, 5.41) is 4.37. The number of halogens is 1. The van der Waals surface area contributed by atoms with Gasteiger partial charge in [-0.2, -0.15) is 5.10 Å². The number of rotatable bonds is 1. The van der Waals surface area contributed by atoms with Crippen molar-refractivity contribution in [2.75, 3.05) is 13.1 Å². The van der Waals surface area contributed by atoms with E-state index in [4.69, 9.17) is 4.74 Å². The van der Waals surface area contributed by atoms with Crippen LogP contribution >= 0.6 is 22.6 Å². The van der Waals surface area contributed by atoms with Crippen molar-refractivity contribution >= 4 is 28.7 Å². The van der Waals surface area contributed by atoms with Crippen LogP contribution in [-0.2, 0) is 4.74 Å². The Bertz CT molecular complexity index is 521. The Hall–Kier alpha value is -0.790. The number of carbonyl (C=O) groups is 1. The number of hydrogen-bond donors (Lipinski definition) is 0. The smallest absolute Gasteiger partial charge is 0.410 e. The highest BCUT2D eigenvalue weighted by Crippen LogP contribution is 2.54. The first-order chi connectivity index (χ1) is 9.26. The molecule has 1 aromatic heterocycles. The lowest BCUT2D eigenvalue weighted by atomic mass is 9.61. The van der Waals surface area contributed by atoms with Gasteiger partial charge in [-0.05, 0) is 56.2 Å². The third-order valence-electron chi connectivity index (χ3n) is 3.99. The van der Waals surface area contributed by atoms with Crippen molar-refractivity contribution in [2.45, 2.75) is 45.3 Å². The monoisotopic (exact) mass is 389 g/mol. The van der Waals surface area contributed by atoms with Gasteiger partial charge in [0.05, 0.1) is 15.8 Å². The summed E-state index contributed by atoms with van der Waals surface area (Å²) in [6.45, 7) is 7.37. The normalized spacial score (nSPS) is 21.5. The Morgan fingerprint density at radius 2 is 2.10 bits per heavy atom. The fourth-order valence-electron chi connectivity index (χ4n) is 3.12. The predicted molar refractivity (Wildman–Crippen MR) is 83.5 cm³/mol. The average molecular weight is 389 g/mol. The molecule has 0 radical (unpaired) electrons. The molecule has 0 atom stereocenters. The number of hydrogen-bond acceptors (Lipinski definition) is 3. The molecule has 6 heteroatoms. The zero-order valence-electron chi connectivity index (χ0n) is 12.1. The molecule has 0 aromatic carbocycles. The summed E-state index contributed by atoms with van der Waals surface area (Å²) in [7, 11) is 0. The largest absolute Gasteiger partial charge is 0.444 e. The van der Waals surface area contributed by atoms with Gasteiger partial charge in [0.2, 0.25) is 0 Å². The van der Waals surface area contributed by atoms with Crippen LogP contribution in [0.4, 0.5) is 4.79 Å². The van der Waals surface area contributed by atoms with E-state index in [0.29, 0.717) is 11.5 Å². The average Bonchev–Trinajstić information content (AvgIpc) is 2.57. The zero-order chi connectivity index (χ0) is 14.5. The minimum absolute atomic E-state index is 0.180. The third kappa shape index (κ3) is 2.66. The Morgan fingerprint density at radius 3 is 2.60 bits per heavy atom. The Balaban J connectivity index is 1.49. The van der Waals surface area contributed by atoms with Crippen molar-refractivity contribution in [3.8, 4) is 0 Å². The molecular weight excluding hydrogens is 369 g/mol. The highest BCUT2D eigenvalue weighted by atomic mass is 127. The molecule has 1 aliphatic carbocycles. The molecule has 1 aliphatic heterocycles. The van der Waals surface area contributed by atoms with Gasteiger partial charge in [0.15, 0.2) is 0 Å². The molecule has 110 valence electrons. The molecule has 2 heterocycles. The molecular formula is C14H20IN3O2. The van der Waals surface area contributed by atoms with Crippen molar-refractivity contribution in [3.05, 3.63) is 16.0 Å². The van der Waals surface area contributed by atoms with E-state index in [1.165, 1.54) is 3.57 Å². The van der Waals surface area contributed by atoms with E-state index in [-0.39, 0.29) is 6.09 Å². The van der Waals surface area contributed by atoms with E-state index in [2.05, 4.69) is 38.6 Å². The standard InChI is InChI=1S/C14H20IN3O2/c1-13(2,3)20-12(19)17-8-14(9-17)4-11(5-14)18-7-10(15)6-16-18/h6-7,11H,4-5,8-9H2,1-3H3. The lowest BCUT2D eigenvalue weighted by Crippen LogP contribution is -2.64. The summed E-state index contributed by atoms with van der Waals surface area (Å²) in [4.78, 5) is 13.7. The van der Waals surface area contributed by atoms with Crippen LogP contribution < -0.4 is 0 Å². The maximum atomic E-state index is 11.9. The topological polar surface area (TPSA) is 47.4 Å². The van der Waals surface area contributed by atoms with E-state index < -0.39 is 5.60 Å². The second kappa shape index (κ2) is 4.61. The molecule has 1 saturated carbocycles. The number of carbonyl (C=O) groups excluding carboxylic acids is 1. The number of ether oxygens (including phenoxy) is 1. The van der Waals surface area contributed by atoms with Crippen LogP contribution in [0.25, 0.3) is 0 Å². The summed E-state index contributed by atoms with van der Waals surface area (Å²) in [5.41, 5.74) is -0.0906. The molecule has 0 N–H and O–H groups in total. The molecule has 2 fully saturated rings. The van der Waals surface area contributed by atoms with Crippen molar-refractivity contribution in [1.82, 2.24) is 14.7 Å². The van der Waals surface area contributed by atoms with Crippen LogP contribution in [0.1, 0.15) is 39.7 Å². The molecule has 1 aromatic rings. The zero-order valence-corrected chi connectivity index (χ0v) is 14.3. The first-order valence-electron chi connectivity index (χ1n) is 6.94. The minimum Gasteiger partial charge on any atom is -0.444 e. The maximum absolute atomic E-state index is 11.9. The third-order valence-corrected chi connectivity index (χ3v) is 4.54. The van der Waals surface area contributed by atoms with Gasteiger partial charge in [-0.1, -0.05) is 0 Å². The molecule has 2 aliphatic rings. The van der Waals surface area contributed by atoms with Gasteiger partial charge < -0.3 is 9.64 Å². The summed E-state index contributed by atoms with van der Waals surface area (Å²) in [6, 6.07) is 0.499. The van der Waals surface area contributed by atoms with Gasteiger partial charge in [-0.25, -0.2) is 4.79 Å². The van der Waals surface area contributed by atoms with Gasteiger partial charge in [0.1, 0.15) is 5.60 Å². The number of nitrogens with zero attached hydrogens (tertiary/aromatic N) is 3. The van der Waals surface area contributed by atoms with Crippen LogP contribution in [0.3, 0.4) is 0 Å². The molecule has 5 nitrogen and oxygen atoms in total. The lowest BCUT2D eigenvalue weighted by molar-refractivity contribution is -0.0927.